The molecule has 0 amide bonds. The molecule has 4 heteroatoms. The highest BCUT2D eigenvalue weighted by atomic mass is 79.9. The van der Waals surface area contributed by atoms with E-state index in [-0.39, 0.29) is 5.78 Å². The van der Waals surface area contributed by atoms with Gasteiger partial charge in [0.25, 0.3) is 0 Å². The molecule has 0 bridgehead atoms. The zero-order valence-electron chi connectivity index (χ0n) is 8.46. The van der Waals surface area contributed by atoms with Gasteiger partial charge in [-0.2, -0.15) is 0 Å². The van der Waals surface area contributed by atoms with E-state index in [1.165, 1.54) is 0 Å². The standard InChI is InChI=1S/C12H7BrOS2/c1-5-3-7-6(2)11-8(4-9(13)16-11)10(14)12(7)15-5/h3-4H,2H2,1H3. The summed E-state index contributed by atoms with van der Waals surface area (Å²) in [7, 11) is 0. The van der Waals surface area contributed by atoms with Gasteiger partial charge in [0.05, 0.1) is 8.66 Å². The maximum atomic E-state index is 12.2. The maximum absolute atomic E-state index is 12.2. The zero-order valence-corrected chi connectivity index (χ0v) is 11.7. The van der Waals surface area contributed by atoms with Crippen molar-refractivity contribution in [2.75, 3.05) is 0 Å². The minimum absolute atomic E-state index is 0.137. The summed E-state index contributed by atoms with van der Waals surface area (Å²) < 4.78 is 0.985. The summed E-state index contributed by atoms with van der Waals surface area (Å²) in [5.41, 5.74) is 2.77. The Labute approximate surface area is 110 Å². The number of halogens is 1. The molecule has 1 aliphatic carbocycles. The second-order valence-corrected chi connectivity index (χ2v) is 7.39. The molecule has 0 N–H and O–H groups in total. The van der Waals surface area contributed by atoms with Crippen molar-refractivity contribution < 1.29 is 4.79 Å². The number of hydrogen-bond acceptors (Lipinski definition) is 3. The second-order valence-electron chi connectivity index (χ2n) is 3.70. The highest BCUT2D eigenvalue weighted by Gasteiger charge is 2.29. The number of ketones is 1. The van der Waals surface area contributed by atoms with Gasteiger partial charge >= 0.3 is 0 Å². The lowest BCUT2D eigenvalue weighted by Gasteiger charge is -2.12. The molecule has 0 fully saturated rings. The minimum Gasteiger partial charge on any atom is -0.288 e. The Morgan fingerprint density at radius 2 is 1.94 bits per heavy atom. The van der Waals surface area contributed by atoms with Crippen LogP contribution >= 0.6 is 38.6 Å². The van der Waals surface area contributed by atoms with Gasteiger partial charge < -0.3 is 0 Å². The van der Waals surface area contributed by atoms with Crippen LogP contribution in [0, 0.1) is 6.92 Å². The molecular formula is C12H7BrOS2. The Balaban J connectivity index is 2.32. The Bertz CT molecular complexity index is 530. The van der Waals surface area contributed by atoms with E-state index in [9.17, 15) is 4.79 Å². The first-order valence-corrected chi connectivity index (χ1v) is 7.14. The molecular weight excluding hydrogens is 304 g/mol. The summed E-state index contributed by atoms with van der Waals surface area (Å²) in [4.78, 5) is 15.2. The number of aryl methyl sites for hydroxylation is 1. The smallest absolute Gasteiger partial charge is 0.205 e. The molecule has 3 rings (SSSR count). The molecule has 2 aromatic heterocycles. The highest BCUT2D eigenvalue weighted by molar-refractivity contribution is 9.11. The van der Waals surface area contributed by atoms with E-state index in [2.05, 4.69) is 28.6 Å². The van der Waals surface area contributed by atoms with Gasteiger partial charge in [-0.05, 0) is 40.6 Å². The second kappa shape index (κ2) is 3.39. The van der Waals surface area contributed by atoms with Crippen LogP contribution in [0.2, 0.25) is 0 Å². The molecule has 1 nitrogen and oxygen atoms in total. The molecule has 0 spiro atoms. The van der Waals surface area contributed by atoms with Crippen molar-refractivity contribution in [3.8, 4) is 0 Å². The van der Waals surface area contributed by atoms with Crippen LogP contribution in [0.3, 0.4) is 0 Å². The molecule has 0 unspecified atom stereocenters. The lowest BCUT2D eigenvalue weighted by molar-refractivity contribution is 0.104. The number of carbonyl (C=O) groups excluding carboxylic acids is 1. The third kappa shape index (κ3) is 1.30. The summed E-state index contributed by atoms with van der Waals surface area (Å²) in [5, 5.41) is 0. The number of thiophene rings is 2. The topological polar surface area (TPSA) is 17.1 Å². The monoisotopic (exact) mass is 310 g/mol. The van der Waals surface area contributed by atoms with E-state index < -0.39 is 0 Å². The molecule has 80 valence electrons. The first-order valence-electron chi connectivity index (χ1n) is 4.72. The molecule has 0 radical (unpaired) electrons. The fourth-order valence-electron chi connectivity index (χ4n) is 1.91. The van der Waals surface area contributed by atoms with E-state index in [1.54, 1.807) is 22.7 Å². The van der Waals surface area contributed by atoms with E-state index in [0.29, 0.717) is 0 Å². The van der Waals surface area contributed by atoms with Gasteiger partial charge in [-0.1, -0.05) is 6.58 Å². The number of hydrogen-bond donors (Lipinski definition) is 0. The zero-order chi connectivity index (χ0) is 11.4. The average molecular weight is 311 g/mol. The fraction of sp³-hybridized carbons (Fsp3) is 0.0833. The van der Waals surface area contributed by atoms with Gasteiger partial charge in [0.15, 0.2) is 0 Å². The van der Waals surface area contributed by atoms with Crippen LogP contribution in [0.25, 0.3) is 5.57 Å². The molecule has 1 aliphatic rings. The normalized spacial score (nSPS) is 13.9. The third-order valence-corrected chi connectivity index (χ3v) is 5.35. The molecule has 0 aliphatic heterocycles. The van der Waals surface area contributed by atoms with Crippen LogP contribution in [0.1, 0.15) is 30.6 Å². The molecule has 0 saturated heterocycles. The molecule has 0 aromatic carbocycles. The average Bonchev–Trinajstić information content (AvgIpc) is 2.78. The molecule has 0 saturated carbocycles. The minimum atomic E-state index is 0.137. The highest BCUT2D eigenvalue weighted by Crippen LogP contribution is 2.43. The summed E-state index contributed by atoms with van der Waals surface area (Å²) in [6, 6.07) is 3.95. The van der Waals surface area contributed by atoms with Crippen molar-refractivity contribution in [3.63, 3.8) is 0 Å². The lowest BCUT2D eigenvalue weighted by atomic mass is 9.93. The summed E-state index contributed by atoms with van der Waals surface area (Å²) in [6.45, 7) is 6.12. The van der Waals surface area contributed by atoms with Crippen LogP contribution in [0.4, 0.5) is 0 Å². The van der Waals surface area contributed by atoms with Gasteiger partial charge in [-0.3, -0.25) is 4.79 Å². The quantitative estimate of drug-likeness (QED) is 0.598. The first-order chi connectivity index (χ1) is 7.58. The summed E-state index contributed by atoms with van der Waals surface area (Å²) >= 11 is 6.55. The Morgan fingerprint density at radius 1 is 1.19 bits per heavy atom. The molecule has 0 atom stereocenters. The largest absolute Gasteiger partial charge is 0.288 e. The van der Waals surface area contributed by atoms with Crippen molar-refractivity contribution >= 4 is 50.0 Å². The van der Waals surface area contributed by atoms with Crippen LogP contribution in [0.15, 0.2) is 22.5 Å². The number of fused-ring (bicyclic) bond motifs is 2. The van der Waals surface area contributed by atoms with Crippen molar-refractivity contribution in [1.29, 1.82) is 0 Å². The first kappa shape index (κ1) is 10.4. The summed E-state index contributed by atoms with van der Waals surface area (Å²) in [6.07, 6.45) is 0. The Morgan fingerprint density at radius 3 is 2.69 bits per heavy atom. The van der Waals surface area contributed by atoms with Crippen molar-refractivity contribution in [2.45, 2.75) is 6.92 Å². The predicted molar refractivity (Wildman–Crippen MR) is 72.6 cm³/mol. The lowest BCUT2D eigenvalue weighted by Crippen LogP contribution is -2.08. The van der Waals surface area contributed by atoms with Gasteiger partial charge in [-0.25, -0.2) is 0 Å². The molecule has 2 heterocycles. The number of rotatable bonds is 0. The molecule has 16 heavy (non-hydrogen) atoms. The Kier molecular flexibility index (Phi) is 2.21. The van der Waals surface area contributed by atoms with Crippen LogP contribution in [0.5, 0.6) is 0 Å². The third-order valence-electron chi connectivity index (χ3n) is 2.61. The van der Waals surface area contributed by atoms with Gasteiger partial charge in [0.2, 0.25) is 5.78 Å². The van der Waals surface area contributed by atoms with Gasteiger partial charge in [0.1, 0.15) is 0 Å². The SMILES string of the molecule is C=C1c2cc(C)sc2C(=O)c2cc(Br)sc21. The van der Waals surface area contributed by atoms with E-state index in [1.807, 2.05) is 13.0 Å². The summed E-state index contributed by atoms with van der Waals surface area (Å²) in [5.74, 6) is 0.137. The van der Waals surface area contributed by atoms with Crippen LogP contribution in [-0.4, -0.2) is 5.78 Å². The van der Waals surface area contributed by atoms with E-state index >= 15 is 0 Å². The van der Waals surface area contributed by atoms with Crippen molar-refractivity contribution in [2.24, 2.45) is 0 Å². The van der Waals surface area contributed by atoms with Crippen LogP contribution < -0.4 is 0 Å². The van der Waals surface area contributed by atoms with Gasteiger partial charge in [-0.15, -0.1) is 22.7 Å². The number of carbonyl (C=O) groups is 1. The Hall–Kier alpha value is -0.710. The maximum Gasteiger partial charge on any atom is 0.205 e. The van der Waals surface area contributed by atoms with Crippen molar-refractivity contribution in [3.05, 3.63) is 48.3 Å². The van der Waals surface area contributed by atoms with E-state index in [4.69, 9.17) is 0 Å². The fourth-order valence-corrected chi connectivity index (χ4v) is 4.48. The van der Waals surface area contributed by atoms with E-state index in [0.717, 1.165) is 35.1 Å². The molecule has 2 aromatic rings. The predicted octanol–water partition coefficient (Wildman–Crippen LogP) is 4.49. The van der Waals surface area contributed by atoms with Gasteiger partial charge in [0, 0.05) is 20.9 Å². The van der Waals surface area contributed by atoms with Crippen molar-refractivity contribution in [1.82, 2.24) is 0 Å². The van der Waals surface area contributed by atoms with Crippen LogP contribution in [-0.2, 0) is 0 Å².